The predicted octanol–water partition coefficient (Wildman–Crippen LogP) is 2.98. The quantitative estimate of drug-likeness (QED) is 0.656. The molecule has 2 fully saturated rings. The van der Waals surface area contributed by atoms with E-state index in [2.05, 4.69) is 5.32 Å². The molecule has 4 atom stereocenters. The van der Waals surface area contributed by atoms with Crippen LogP contribution in [-0.4, -0.2) is 17.9 Å². The molecule has 1 aromatic rings. The first-order valence-electron chi connectivity index (χ1n) is 8.12. The fourth-order valence-corrected chi connectivity index (χ4v) is 4.09. The van der Waals surface area contributed by atoms with Crippen LogP contribution in [0.25, 0.3) is 0 Å². The second kappa shape index (κ2) is 6.45. The molecule has 0 aliphatic heterocycles. The highest BCUT2D eigenvalue weighted by molar-refractivity contribution is 6.39. The van der Waals surface area contributed by atoms with Crippen molar-refractivity contribution in [3.63, 3.8) is 0 Å². The minimum atomic E-state index is -1.69. The van der Waals surface area contributed by atoms with Crippen LogP contribution in [0.4, 0.5) is 18.9 Å². The lowest BCUT2D eigenvalue weighted by Gasteiger charge is -2.28. The minimum absolute atomic E-state index is 0.159. The summed E-state index contributed by atoms with van der Waals surface area (Å²) in [6.45, 7) is 1.86. The summed E-state index contributed by atoms with van der Waals surface area (Å²) >= 11 is 0. The van der Waals surface area contributed by atoms with Gasteiger partial charge in [0.25, 0.3) is 0 Å². The number of hydrogen-bond acceptors (Lipinski definition) is 2. The largest absolute Gasteiger partial charge is 0.345 e. The van der Waals surface area contributed by atoms with E-state index in [1.54, 1.807) is 0 Å². The molecule has 0 saturated heterocycles. The molecule has 2 aliphatic carbocycles. The van der Waals surface area contributed by atoms with E-state index in [0.29, 0.717) is 23.8 Å². The topological polar surface area (TPSA) is 58.2 Å². The lowest BCUT2D eigenvalue weighted by molar-refractivity contribution is -0.136. The SMILES string of the molecule is CC(NC(=O)C(=O)Nc1ccc(F)c(F)c1F)C1CC2CCC1C2. The molecule has 7 heteroatoms. The number of amides is 2. The summed E-state index contributed by atoms with van der Waals surface area (Å²) in [6.07, 6.45) is 4.61. The molecule has 0 heterocycles. The van der Waals surface area contributed by atoms with Gasteiger partial charge in [0.1, 0.15) is 0 Å². The van der Waals surface area contributed by atoms with Gasteiger partial charge in [-0.3, -0.25) is 9.59 Å². The van der Waals surface area contributed by atoms with Crippen molar-refractivity contribution in [3.8, 4) is 0 Å². The molecule has 2 bridgehead atoms. The maximum absolute atomic E-state index is 13.5. The zero-order valence-electron chi connectivity index (χ0n) is 13.2. The smallest absolute Gasteiger partial charge is 0.313 e. The van der Waals surface area contributed by atoms with Crippen LogP contribution in [0.5, 0.6) is 0 Å². The highest BCUT2D eigenvalue weighted by Crippen LogP contribution is 2.49. The molecule has 2 N–H and O–H groups in total. The highest BCUT2D eigenvalue weighted by atomic mass is 19.2. The molecule has 0 spiro atoms. The maximum Gasteiger partial charge on any atom is 0.313 e. The third kappa shape index (κ3) is 3.12. The van der Waals surface area contributed by atoms with Crippen LogP contribution < -0.4 is 10.6 Å². The monoisotopic (exact) mass is 340 g/mol. The standard InChI is InChI=1S/C17H19F3N2O2/c1-8(11-7-9-2-3-10(11)6-9)21-16(23)17(24)22-13-5-4-12(18)14(19)15(13)20/h4-5,8-11H,2-3,6-7H2,1H3,(H,21,23)(H,22,24). The Labute approximate surface area is 137 Å². The van der Waals surface area contributed by atoms with Crippen molar-refractivity contribution in [2.45, 2.75) is 38.6 Å². The lowest BCUT2D eigenvalue weighted by Crippen LogP contribution is -2.45. The van der Waals surface area contributed by atoms with E-state index in [4.69, 9.17) is 0 Å². The molecule has 2 amide bonds. The van der Waals surface area contributed by atoms with Crippen molar-refractivity contribution in [2.75, 3.05) is 5.32 Å². The highest BCUT2D eigenvalue weighted by Gasteiger charge is 2.42. The number of anilines is 1. The maximum atomic E-state index is 13.5. The summed E-state index contributed by atoms with van der Waals surface area (Å²) in [5.74, 6) is -4.95. The van der Waals surface area contributed by atoms with E-state index in [0.717, 1.165) is 18.9 Å². The normalized spacial score (nSPS) is 26.2. The van der Waals surface area contributed by atoms with Crippen molar-refractivity contribution in [3.05, 3.63) is 29.6 Å². The third-order valence-electron chi connectivity index (χ3n) is 5.28. The fourth-order valence-electron chi connectivity index (χ4n) is 4.09. The molecule has 4 nitrogen and oxygen atoms in total. The van der Waals surface area contributed by atoms with E-state index in [-0.39, 0.29) is 6.04 Å². The second-order valence-corrected chi connectivity index (χ2v) is 6.78. The number of fused-ring (bicyclic) bond motifs is 2. The first-order valence-corrected chi connectivity index (χ1v) is 8.12. The summed E-state index contributed by atoms with van der Waals surface area (Å²) in [6, 6.07) is 1.40. The molecule has 3 rings (SSSR count). The molecule has 130 valence electrons. The van der Waals surface area contributed by atoms with E-state index in [1.165, 1.54) is 12.8 Å². The Bertz CT molecular complexity index is 680. The van der Waals surface area contributed by atoms with E-state index >= 15 is 0 Å². The Hall–Kier alpha value is -2.05. The number of hydrogen-bond donors (Lipinski definition) is 2. The van der Waals surface area contributed by atoms with Gasteiger partial charge < -0.3 is 10.6 Å². The Balaban J connectivity index is 1.59. The molecule has 1 aromatic carbocycles. The van der Waals surface area contributed by atoms with Crippen LogP contribution in [0.2, 0.25) is 0 Å². The van der Waals surface area contributed by atoms with Gasteiger partial charge in [-0.05, 0) is 56.1 Å². The number of nitrogens with one attached hydrogen (secondary N) is 2. The van der Waals surface area contributed by atoms with Gasteiger partial charge in [0.2, 0.25) is 0 Å². The zero-order chi connectivity index (χ0) is 17.4. The predicted molar refractivity (Wildman–Crippen MR) is 81.5 cm³/mol. The number of carbonyl (C=O) groups is 2. The van der Waals surface area contributed by atoms with Crippen molar-refractivity contribution in [1.29, 1.82) is 0 Å². The Morgan fingerprint density at radius 3 is 2.46 bits per heavy atom. The van der Waals surface area contributed by atoms with Gasteiger partial charge in [-0.1, -0.05) is 6.42 Å². The Morgan fingerprint density at radius 1 is 1.08 bits per heavy atom. The average Bonchev–Trinajstić information content (AvgIpc) is 3.18. The number of rotatable bonds is 3. The van der Waals surface area contributed by atoms with Crippen LogP contribution in [0.15, 0.2) is 12.1 Å². The summed E-state index contributed by atoms with van der Waals surface area (Å²) in [4.78, 5) is 23.8. The van der Waals surface area contributed by atoms with Crippen LogP contribution in [-0.2, 0) is 9.59 Å². The minimum Gasteiger partial charge on any atom is -0.345 e. The summed E-state index contributed by atoms with van der Waals surface area (Å²) in [5, 5.41) is 4.61. The third-order valence-corrected chi connectivity index (χ3v) is 5.28. The second-order valence-electron chi connectivity index (χ2n) is 6.78. The first kappa shape index (κ1) is 16.8. The van der Waals surface area contributed by atoms with Gasteiger partial charge in [-0.15, -0.1) is 0 Å². The Kier molecular flexibility index (Phi) is 4.51. The first-order chi connectivity index (χ1) is 11.4. The molecular formula is C17H19F3N2O2. The van der Waals surface area contributed by atoms with Gasteiger partial charge in [-0.25, -0.2) is 13.2 Å². The number of halogens is 3. The Morgan fingerprint density at radius 2 is 1.83 bits per heavy atom. The number of benzene rings is 1. The van der Waals surface area contributed by atoms with Gasteiger partial charge in [-0.2, -0.15) is 0 Å². The molecule has 0 radical (unpaired) electrons. The zero-order valence-corrected chi connectivity index (χ0v) is 13.2. The molecule has 24 heavy (non-hydrogen) atoms. The number of carbonyl (C=O) groups excluding carboxylic acids is 2. The lowest BCUT2D eigenvalue weighted by atomic mass is 9.84. The van der Waals surface area contributed by atoms with Crippen LogP contribution >= 0.6 is 0 Å². The molecular weight excluding hydrogens is 321 g/mol. The van der Waals surface area contributed by atoms with E-state index < -0.39 is 35.0 Å². The molecule has 4 unspecified atom stereocenters. The van der Waals surface area contributed by atoms with Gasteiger partial charge in [0.15, 0.2) is 17.5 Å². The van der Waals surface area contributed by atoms with Gasteiger partial charge in [0, 0.05) is 6.04 Å². The summed E-state index contributed by atoms with van der Waals surface area (Å²) in [5.41, 5.74) is -0.568. The van der Waals surface area contributed by atoms with Gasteiger partial charge >= 0.3 is 11.8 Å². The van der Waals surface area contributed by atoms with Gasteiger partial charge in [0.05, 0.1) is 5.69 Å². The summed E-state index contributed by atoms with van der Waals surface area (Å²) in [7, 11) is 0. The van der Waals surface area contributed by atoms with Crippen molar-refractivity contribution >= 4 is 17.5 Å². The van der Waals surface area contributed by atoms with Crippen molar-refractivity contribution < 1.29 is 22.8 Å². The molecule has 2 aliphatic rings. The molecule has 2 saturated carbocycles. The van der Waals surface area contributed by atoms with Crippen molar-refractivity contribution in [1.82, 2.24) is 5.32 Å². The van der Waals surface area contributed by atoms with E-state index in [1.807, 2.05) is 12.2 Å². The van der Waals surface area contributed by atoms with Crippen LogP contribution in [0.3, 0.4) is 0 Å². The molecule has 0 aromatic heterocycles. The average molecular weight is 340 g/mol. The van der Waals surface area contributed by atoms with Crippen molar-refractivity contribution in [2.24, 2.45) is 17.8 Å². The summed E-state index contributed by atoms with van der Waals surface area (Å²) < 4.78 is 39.5. The van der Waals surface area contributed by atoms with Crippen LogP contribution in [0, 0.1) is 35.2 Å². The van der Waals surface area contributed by atoms with Crippen LogP contribution in [0.1, 0.15) is 32.6 Å². The van der Waals surface area contributed by atoms with E-state index in [9.17, 15) is 22.8 Å². The fraction of sp³-hybridized carbons (Fsp3) is 0.529.